The van der Waals surface area contributed by atoms with Crippen molar-refractivity contribution in [1.29, 1.82) is 0 Å². The summed E-state index contributed by atoms with van der Waals surface area (Å²) in [5.41, 5.74) is 6.72. The predicted octanol–water partition coefficient (Wildman–Crippen LogP) is 6.46. The van der Waals surface area contributed by atoms with Crippen molar-refractivity contribution in [2.24, 2.45) is 0 Å². The minimum Gasteiger partial charge on any atom is -0.493 e. The van der Waals surface area contributed by atoms with Gasteiger partial charge in [0.1, 0.15) is 11.4 Å². The van der Waals surface area contributed by atoms with E-state index in [-0.39, 0.29) is 17.5 Å². The number of halogens is 3. The molecule has 5 nitrogen and oxygen atoms in total. The standard InChI is InChI=1S/C29H27F3N2O3/c1-17-4-7-20(8-5-19-6-10-23-22(13-27(35)36-3)16-37-24(23)12-19)18(2)28(17)21-9-11-26-33-25(29(30,31)32)15-34(26)14-21/h4,6-7,9-12,14-15,22H,5,8,13,16H2,1-3H3/t22-/m1/s1. The molecule has 0 spiro atoms. The molecule has 0 bridgehead atoms. The second-order valence-electron chi connectivity index (χ2n) is 9.51. The molecule has 1 aliphatic heterocycles. The van der Waals surface area contributed by atoms with Crippen LogP contribution in [0.2, 0.25) is 0 Å². The third-order valence-corrected chi connectivity index (χ3v) is 7.10. The van der Waals surface area contributed by atoms with Crippen LogP contribution in [0.4, 0.5) is 13.2 Å². The molecule has 0 saturated carbocycles. The molecule has 3 heterocycles. The van der Waals surface area contributed by atoms with Crippen LogP contribution in [0.3, 0.4) is 0 Å². The van der Waals surface area contributed by atoms with E-state index < -0.39 is 11.9 Å². The first-order valence-electron chi connectivity index (χ1n) is 12.1. The fourth-order valence-corrected chi connectivity index (χ4v) is 5.09. The molecule has 1 aliphatic rings. The number of pyridine rings is 1. The largest absolute Gasteiger partial charge is 0.493 e. The van der Waals surface area contributed by atoms with Gasteiger partial charge in [-0.2, -0.15) is 13.2 Å². The zero-order valence-electron chi connectivity index (χ0n) is 20.9. The topological polar surface area (TPSA) is 52.8 Å². The number of hydrogen-bond donors (Lipinski definition) is 0. The first-order valence-corrected chi connectivity index (χ1v) is 12.1. The van der Waals surface area contributed by atoms with E-state index in [1.807, 2.05) is 25.1 Å². The number of fused-ring (bicyclic) bond motifs is 2. The van der Waals surface area contributed by atoms with Crippen LogP contribution in [0.15, 0.2) is 54.9 Å². The van der Waals surface area contributed by atoms with E-state index in [2.05, 4.69) is 30.1 Å². The van der Waals surface area contributed by atoms with Crippen LogP contribution in [-0.4, -0.2) is 29.1 Å². The number of rotatable bonds is 6. The van der Waals surface area contributed by atoms with E-state index in [4.69, 9.17) is 9.47 Å². The van der Waals surface area contributed by atoms with Gasteiger partial charge in [0.15, 0.2) is 5.69 Å². The Balaban J connectivity index is 1.37. The second kappa shape index (κ2) is 9.57. The van der Waals surface area contributed by atoms with Crippen molar-refractivity contribution in [3.8, 4) is 16.9 Å². The van der Waals surface area contributed by atoms with Crippen LogP contribution in [0.5, 0.6) is 5.75 Å². The Hall–Kier alpha value is -3.81. The number of carbonyl (C=O) groups is 1. The van der Waals surface area contributed by atoms with Gasteiger partial charge in [0.2, 0.25) is 0 Å². The van der Waals surface area contributed by atoms with Crippen molar-refractivity contribution in [3.63, 3.8) is 0 Å². The highest BCUT2D eigenvalue weighted by Gasteiger charge is 2.34. The molecular formula is C29H27F3N2O3. The highest BCUT2D eigenvalue weighted by Crippen LogP contribution is 2.37. The number of carbonyl (C=O) groups excluding carboxylic acids is 1. The van der Waals surface area contributed by atoms with Crippen LogP contribution in [0.1, 0.15) is 45.8 Å². The highest BCUT2D eigenvalue weighted by molar-refractivity contribution is 5.73. The van der Waals surface area contributed by atoms with E-state index in [0.29, 0.717) is 13.0 Å². The lowest BCUT2D eigenvalue weighted by molar-refractivity contribution is -0.141. The maximum Gasteiger partial charge on any atom is 0.434 e. The Morgan fingerprint density at radius 2 is 1.92 bits per heavy atom. The lowest BCUT2D eigenvalue weighted by Crippen LogP contribution is -2.09. The summed E-state index contributed by atoms with van der Waals surface area (Å²) in [6, 6.07) is 13.8. The summed E-state index contributed by atoms with van der Waals surface area (Å²) in [5, 5.41) is 0. The van der Waals surface area contributed by atoms with Crippen LogP contribution >= 0.6 is 0 Å². The number of ether oxygens (including phenoxy) is 2. The summed E-state index contributed by atoms with van der Waals surface area (Å²) in [5.74, 6) is 0.585. The molecule has 0 saturated heterocycles. The Morgan fingerprint density at radius 3 is 2.68 bits per heavy atom. The number of aromatic nitrogens is 2. The molecule has 0 aliphatic carbocycles. The van der Waals surface area contributed by atoms with Gasteiger partial charge in [0.05, 0.1) is 20.1 Å². The van der Waals surface area contributed by atoms with Gasteiger partial charge in [0.25, 0.3) is 0 Å². The fourth-order valence-electron chi connectivity index (χ4n) is 5.09. The number of alkyl halides is 3. The number of imidazole rings is 1. The monoisotopic (exact) mass is 508 g/mol. The molecule has 0 amide bonds. The molecule has 2 aromatic heterocycles. The van der Waals surface area contributed by atoms with E-state index in [1.165, 1.54) is 17.1 Å². The van der Waals surface area contributed by atoms with Crippen molar-refractivity contribution < 1.29 is 27.4 Å². The number of hydrogen-bond acceptors (Lipinski definition) is 4. The van der Waals surface area contributed by atoms with E-state index in [9.17, 15) is 18.0 Å². The van der Waals surface area contributed by atoms with Crippen molar-refractivity contribution in [1.82, 2.24) is 9.38 Å². The third kappa shape index (κ3) is 4.92. The molecule has 1 atom stereocenters. The summed E-state index contributed by atoms with van der Waals surface area (Å²) >= 11 is 0. The summed E-state index contributed by atoms with van der Waals surface area (Å²) in [6.07, 6.45) is 0.157. The van der Waals surface area contributed by atoms with Crippen LogP contribution in [-0.2, 0) is 28.5 Å². The summed E-state index contributed by atoms with van der Waals surface area (Å²) in [7, 11) is 1.39. The van der Waals surface area contributed by atoms with Crippen molar-refractivity contribution in [3.05, 3.63) is 88.4 Å². The van der Waals surface area contributed by atoms with Gasteiger partial charge in [-0.15, -0.1) is 0 Å². The SMILES string of the molecule is COC(=O)C[C@@H]1COc2cc(CCc3ccc(C)c(-c4ccc5nc(C(F)(F)F)cn5c4)c3C)ccc21. The molecule has 0 unspecified atom stereocenters. The Morgan fingerprint density at radius 1 is 1.11 bits per heavy atom. The molecule has 0 radical (unpaired) electrons. The molecule has 37 heavy (non-hydrogen) atoms. The minimum atomic E-state index is -4.48. The lowest BCUT2D eigenvalue weighted by Gasteiger charge is -2.15. The first-order chi connectivity index (χ1) is 17.6. The molecule has 0 fully saturated rings. The Kier molecular flexibility index (Phi) is 6.43. The molecule has 5 rings (SSSR count). The molecular weight excluding hydrogens is 481 g/mol. The number of methoxy groups -OCH3 is 1. The maximum atomic E-state index is 13.1. The zero-order valence-corrected chi connectivity index (χ0v) is 20.9. The average Bonchev–Trinajstić information content (AvgIpc) is 3.47. The summed E-state index contributed by atoms with van der Waals surface area (Å²) in [4.78, 5) is 15.4. The number of esters is 1. The van der Waals surface area contributed by atoms with E-state index >= 15 is 0 Å². The first kappa shape index (κ1) is 24.9. The van der Waals surface area contributed by atoms with Gasteiger partial charge in [-0.25, -0.2) is 4.98 Å². The van der Waals surface area contributed by atoms with E-state index in [0.717, 1.165) is 58.2 Å². The molecule has 4 aromatic rings. The molecule has 192 valence electrons. The van der Waals surface area contributed by atoms with Gasteiger partial charge in [0, 0.05) is 23.9 Å². The summed E-state index contributed by atoms with van der Waals surface area (Å²) in [6.45, 7) is 4.54. The fraction of sp³-hybridized carbons (Fsp3) is 0.310. The molecule has 2 aromatic carbocycles. The lowest BCUT2D eigenvalue weighted by atomic mass is 9.90. The number of nitrogens with zero attached hydrogens (tertiary/aromatic N) is 2. The van der Waals surface area contributed by atoms with Crippen LogP contribution in [0.25, 0.3) is 16.8 Å². The number of aryl methyl sites for hydroxylation is 3. The molecule has 0 N–H and O–H groups in total. The van der Waals surface area contributed by atoms with Gasteiger partial charge in [-0.1, -0.05) is 24.3 Å². The Labute approximate surface area is 212 Å². The Bertz CT molecular complexity index is 1490. The van der Waals surface area contributed by atoms with Crippen LogP contribution < -0.4 is 4.74 Å². The quantitative estimate of drug-likeness (QED) is 0.281. The minimum absolute atomic E-state index is 0.0125. The van der Waals surface area contributed by atoms with Gasteiger partial charge < -0.3 is 13.9 Å². The maximum absolute atomic E-state index is 13.1. The van der Waals surface area contributed by atoms with Crippen LogP contribution in [0, 0.1) is 13.8 Å². The molecule has 8 heteroatoms. The smallest absolute Gasteiger partial charge is 0.434 e. The highest BCUT2D eigenvalue weighted by atomic mass is 19.4. The van der Waals surface area contributed by atoms with Crippen molar-refractivity contribution in [2.45, 2.75) is 45.2 Å². The van der Waals surface area contributed by atoms with Gasteiger partial charge >= 0.3 is 12.1 Å². The number of benzene rings is 2. The zero-order chi connectivity index (χ0) is 26.3. The third-order valence-electron chi connectivity index (χ3n) is 7.10. The van der Waals surface area contributed by atoms with Crippen molar-refractivity contribution >= 4 is 11.6 Å². The average molecular weight is 509 g/mol. The second-order valence-corrected chi connectivity index (χ2v) is 9.51. The van der Waals surface area contributed by atoms with E-state index in [1.54, 1.807) is 12.3 Å². The van der Waals surface area contributed by atoms with Crippen molar-refractivity contribution in [2.75, 3.05) is 13.7 Å². The summed E-state index contributed by atoms with van der Waals surface area (Å²) < 4.78 is 51.4. The van der Waals surface area contributed by atoms with Gasteiger partial charge in [-0.05, 0) is 78.3 Å². The normalized spacial score (nSPS) is 15.0. The van der Waals surface area contributed by atoms with Gasteiger partial charge in [-0.3, -0.25) is 4.79 Å². The predicted molar refractivity (Wildman–Crippen MR) is 134 cm³/mol.